The molecule has 1 fully saturated rings. The Labute approximate surface area is 149 Å². The molecule has 140 valence electrons. The second kappa shape index (κ2) is 7.14. The summed E-state index contributed by atoms with van der Waals surface area (Å²) in [5.41, 5.74) is -1.51. The van der Waals surface area contributed by atoms with Crippen molar-refractivity contribution in [2.45, 2.75) is 77.1 Å². The van der Waals surface area contributed by atoms with Crippen molar-refractivity contribution in [2.24, 2.45) is 11.3 Å². The Balaban J connectivity index is 2.47. The van der Waals surface area contributed by atoms with Crippen molar-refractivity contribution in [2.75, 3.05) is 0 Å². The number of rotatable bonds is 0. The smallest absolute Gasteiger partial charge is 0.168 e. The Morgan fingerprint density at radius 2 is 1.76 bits per heavy atom. The van der Waals surface area contributed by atoms with Crippen LogP contribution in [0.4, 0.5) is 0 Å². The lowest BCUT2D eigenvalue weighted by molar-refractivity contribution is -0.195. The van der Waals surface area contributed by atoms with Crippen molar-refractivity contribution in [3.63, 3.8) is 0 Å². The van der Waals surface area contributed by atoms with Crippen LogP contribution in [0.25, 0.3) is 0 Å². The molecule has 5 nitrogen and oxygen atoms in total. The van der Waals surface area contributed by atoms with Crippen LogP contribution in [-0.4, -0.2) is 44.7 Å². The van der Waals surface area contributed by atoms with Crippen LogP contribution in [0.5, 0.6) is 0 Å². The summed E-state index contributed by atoms with van der Waals surface area (Å²) in [6.45, 7) is 9.22. The molecule has 3 N–H and O–H groups in total. The van der Waals surface area contributed by atoms with Gasteiger partial charge in [0.25, 0.3) is 0 Å². The first-order valence-corrected chi connectivity index (χ1v) is 8.98. The van der Waals surface area contributed by atoms with E-state index in [2.05, 4.69) is 6.58 Å². The second-order valence-electron chi connectivity index (χ2n) is 8.27. The van der Waals surface area contributed by atoms with Gasteiger partial charge in [0, 0.05) is 18.3 Å². The van der Waals surface area contributed by atoms with E-state index < -0.39 is 34.8 Å². The van der Waals surface area contributed by atoms with Crippen molar-refractivity contribution >= 4 is 11.6 Å². The van der Waals surface area contributed by atoms with Gasteiger partial charge in [0.1, 0.15) is 6.10 Å². The standard InChI is InChI=1S/C20H30O5/c1-12-5-6-14-7-8-17(23)20(25,19(14,3)4)18(24)16(22)11-13(2)10-15(21)9-12/h10,14-15,18,21,24-25H,1,5-9,11H2,2-4H3/b13-10+/t14-,15+,18-,20-/m1/s1. The van der Waals surface area contributed by atoms with E-state index in [0.29, 0.717) is 31.3 Å². The van der Waals surface area contributed by atoms with Crippen molar-refractivity contribution < 1.29 is 24.9 Å². The number of carbonyl (C=O) groups is 2. The summed E-state index contributed by atoms with van der Waals surface area (Å²) in [4.78, 5) is 25.1. The minimum absolute atomic E-state index is 0.0265. The van der Waals surface area contributed by atoms with Crippen LogP contribution in [0.15, 0.2) is 23.8 Å². The number of Topliss-reactive ketones (excluding diaryl/α,β-unsaturated/α-hetero) is 2. The van der Waals surface area contributed by atoms with Gasteiger partial charge in [-0.05, 0) is 38.5 Å². The van der Waals surface area contributed by atoms with Crippen LogP contribution in [0.2, 0.25) is 0 Å². The topological polar surface area (TPSA) is 94.8 Å². The molecule has 0 aromatic rings. The summed E-state index contributed by atoms with van der Waals surface area (Å²) in [6, 6.07) is 0. The summed E-state index contributed by atoms with van der Waals surface area (Å²) >= 11 is 0. The van der Waals surface area contributed by atoms with Crippen molar-refractivity contribution in [3.05, 3.63) is 23.8 Å². The van der Waals surface area contributed by atoms with Gasteiger partial charge < -0.3 is 15.3 Å². The third-order valence-corrected chi connectivity index (χ3v) is 6.12. The highest BCUT2D eigenvalue weighted by Crippen LogP contribution is 2.50. The van der Waals surface area contributed by atoms with Crippen molar-refractivity contribution in [3.8, 4) is 0 Å². The number of hydrogen-bond donors (Lipinski definition) is 3. The average Bonchev–Trinajstić information content (AvgIpc) is 2.50. The van der Waals surface area contributed by atoms with E-state index in [1.807, 2.05) is 0 Å². The molecule has 2 aliphatic carbocycles. The fraction of sp³-hybridized carbons (Fsp3) is 0.700. The third kappa shape index (κ3) is 3.64. The number of fused-ring (bicyclic) bond motifs is 2. The molecular formula is C20H30O5. The van der Waals surface area contributed by atoms with Crippen LogP contribution in [0.1, 0.15) is 59.3 Å². The molecule has 2 aliphatic rings. The lowest BCUT2D eigenvalue weighted by atomic mass is 9.55. The number of hydrogen-bond acceptors (Lipinski definition) is 5. The van der Waals surface area contributed by atoms with E-state index in [1.165, 1.54) is 0 Å². The van der Waals surface area contributed by atoms with Crippen LogP contribution < -0.4 is 0 Å². The molecule has 4 atom stereocenters. The monoisotopic (exact) mass is 350 g/mol. The van der Waals surface area contributed by atoms with Gasteiger partial charge in [-0.15, -0.1) is 0 Å². The second-order valence-corrected chi connectivity index (χ2v) is 8.27. The minimum Gasteiger partial charge on any atom is -0.389 e. The maximum absolute atomic E-state index is 12.5. The average molecular weight is 350 g/mol. The van der Waals surface area contributed by atoms with Gasteiger partial charge in [0.05, 0.1) is 6.10 Å². The predicted octanol–water partition coefficient (Wildman–Crippen LogP) is 2.09. The molecule has 5 heteroatoms. The molecule has 0 radical (unpaired) electrons. The largest absolute Gasteiger partial charge is 0.389 e. The Kier molecular flexibility index (Phi) is 5.71. The molecule has 25 heavy (non-hydrogen) atoms. The summed E-state index contributed by atoms with van der Waals surface area (Å²) in [7, 11) is 0. The zero-order chi connectivity index (χ0) is 19.0. The number of aliphatic hydroxyl groups is 3. The summed E-state index contributed by atoms with van der Waals surface area (Å²) < 4.78 is 0. The van der Waals surface area contributed by atoms with E-state index >= 15 is 0 Å². The fourth-order valence-corrected chi connectivity index (χ4v) is 4.36. The van der Waals surface area contributed by atoms with Gasteiger partial charge in [0.15, 0.2) is 17.2 Å². The molecule has 0 spiro atoms. The lowest BCUT2D eigenvalue weighted by Crippen LogP contribution is -2.66. The number of ketones is 2. The first kappa shape index (κ1) is 20.0. The van der Waals surface area contributed by atoms with Gasteiger partial charge in [-0.1, -0.05) is 37.6 Å². The van der Waals surface area contributed by atoms with Gasteiger partial charge >= 0.3 is 0 Å². The van der Waals surface area contributed by atoms with Crippen LogP contribution >= 0.6 is 0 Å². The molecular weight excluding hydrogens is 320 g/mol. The zero-order valence-corrected chi connectivity index (χ0v) is 15.4. The first-order chi connectivity index (χ1) is 11.5. The minimum atomic E-state index is -2.08. The predicted molar refractivity (Wildman–Crippen MR) is 94.8 cm³/mol. The van der Waals surface area contributed by atoms with E-state index in [9.17, 15) is 24.9 Å². The summed E-state index contributed by atoms with van der Waals surface area (Å²) in [6.07, 6.45) is 1.53. The highest BCUT2D eigenvalue weighted by atomic mass is 16.4. The Bertz CT molecular complexity index is 603. The molecule has 0 aromatic heterocycles. The highest BCUT2D eigenvalue weighted by molar-refractivity contribution is 5.98. The van der Waals surface area contributed by atoms with Crippen LogP contribution in [0, 0.1) is 11.3 Å². The summed E-state index contributed by atoms with van der Waals surface area (Å²) in [5.74, 6) is -1.09. The Hall–Kier alpha value is -1.30. The normalized spacial score (nSPS) is 39.7. The molecule has 0 unspecified atom stereocenters. The lowest BCUT2D eigenvalue weighted by Gasteiger charge is -2.51. The Morgan fingerprint density at radius 3 is 2.40 bits per heavy atom. The van der Waals surface area contributed by atoms with Gasteiger partial charge in [-0.3, -0.25) is 9.59 Å². The molecule has 1 saturated carbocycles. The zero-order valence-electron chi connectivity index (χ0n) is 15.4. The van der Waals surface area contributed by atoms with Crippen LogP contribution in [-0.2, 0) is 9.59 Å². The molecule has 0 heterocycles. The Morgan fingerprint density at radius 1 is 1.16 bits per heavy atom. The maximum atomic E-state index is 12.5. The third-order valence-electron chi connectivity index (χ3n) is 6.12. The van der Waals surface area contributed by atoms with E-state index in [4.69, 9.17) is 0 Å². The van der Waals surface area contributed by atoms with Crippen molar-refractivity contribution in [1.82, 2.24) is 0 Å². The number of carbonyl (C=O) groups excluding carboxylic acids is 2. The fourth-order valence-electron chi connectivity index (χ4n) is 4.36. The van der Waals surface area contributed by atoms with E-state index in [1.54, 1.807) is 26.8 Å². The maximum Gasteiger partial charge on any atom is 0.168 e. The first-order valence-electron chi connectivity index (χ1n) is 8.98. The molecule has 2 rings (SSSR count). The quantitative estimate of drug-likeness (QED) is 0.582. The molecule has 0 aliphatic heterocycles. The van der Waals surface area contributed by atoms with E-state index in [0.717, 1.165) is 5.57 Å². The van der Waals surface area contributed by atoms with Crippen molar-refractivity contribution in [1.29, 1.82) is 0 Å². The molecule has 2 bridgehead atoms. The SMILES string of the molecule is C=C1CC[C@@H]2CCC(=O)[C@@](O)([C@H](O)C(=O)C/C(C)=C/[C@@H](O)C1)C2(C)C. The van der Waals surface area contributed by atoms with Gasteiger partial charge in [-0.25, -0.2) is 0 Å². The molecule has 0 saturated heterocycles. The van der Waals surface area contributed by atoms with E-state index in [-0.39, 0.29) is 18.8 Å². The van der Waals surface area contributed by atoms with Crippen LogP contribution in [0.3, 0.4) is 0 Å². The molecule has 0 amide bonds. The number of allylic oxidation sites excluding steroid dienone is 1. The number of aliphatic hydroxyl groups excluding tert-OH is 2. The molecule has 0 aromatic carbocycles. The van der Waals surface area contributed by atoms with Gasteiger partial charge in [-0.2, -0.15) is 0 Å². The summed E-state index contributed by atoms with van der Waals surface area (Å²) in [5, 5.41) is 31.9. The van der Waals surface area contributed by atoms with Gasteiger partial charge in [0.2, 0.25) is 0 Å². The highest BCUT2D eigenvalue weighted by Gasteiger charge is 2.61.